The third kappa shape index (κ3) is 6.15. The summed E-state index contributed by atoms with van der Waals surface area (Å²) >= 11 is 0. The number of carboxylic acids is 1. The SMILES string of the molecule is C=CCOC(=O)N(C)CCCC[C@H](NC(=O)OCC1c2ccccc2-c2ccccc21)C(=O)O. The zero-order chi connectivity index (χ0) is 24.5. The highest BCUT2D eigenvalue weighted by atomic mass is 16.6. The number of alkyl carbamates (subject to hydrolysis) is 1. The Morgan fingerprint density at radius 3 is 2.26 bits per heavy atom. The molecule has 3 rings (SSSR count). The van der Waals surface area contributed by atoms with Crippen LogP contribution in [-0.2, 0) is 14.3 Å². The number of aliphatic carboxylic acids is 1. The van der Waals surface area contributed by atoms with Crippen molar-refractivity contribution in [3.05, 3.63) is 72.3 Å². The first-order valence-corrected chi connectivity index (χ1v) is 11.3. The lowest BCUT2D eigenvalue weighted by Crippen LogP contribution is -2.41. The third-order valence-corrected chi connectivity index (χ3v) is 5.81. The van der Waals surface area contributed by atoms with E-state index >= 15 is 0 Å². The molecule has 2 aromatic rings. The van der Waals surface area contributed by atoms with Gasteiger partial charge < -0.3 is 24.8 Å². The quantitative estimate of drug-likeness (QED) is 0.376. The van der Waals surface area contributed by atoms with Gasteiger partial charge in [0.05, 0.1) is 0 Å². The van der Waals surface area contributed by atoms with Crippen molar-refractivity contribution in [1.29, 1.82) is 0 Å². The van der Waals surface area contributed by atoms with Crippen LogP contribution in [0.25, 0.3) is 11.1 Å². The normalized spacial score (nSPS) is 12.7. The maximum Gasteiger partial charge on any atom is 0.409 e. The predicted molar refractivity (Wildman–Crippen MR) is 128 cm³/mol. The summed E-state index contributed by atoms with van der Waals surface area (Å²) in [6.07, 6.45) is 1.54. The van der Waals surface area contributed by atoms with Crippen molar-refractivity contribution < 1.29 is 29.0 Å². The molecule has 2 N–H and O–H groups in total. The first-order valence-electron chi connectivity index (χ1n) is 11.3. The van der Waals surface area contributed by atoms with Gasteiger partial charge in [-0.15, -0.1) is 0 Å². The number of carbonyl (C=O) groups excluding carboxylic acids is 2. The number of nitrogens with one attached hydrogen (secondary N) is 1. The van der Waals surface area contributed by atoms with E-state index in [2.05, 4.69) is 11.9 Å². The molecule has 8 heteroatoms. The molecule has 34 heavy (non-hydrogen) atoms. The van der Waals surface area contributed by atoms with Gasteiger partial charge in [-0.1, -0.05) is 61.2 Å². The summed E-state index contributed by atoms with van der Waals surface area (Å²) in [5, 5.41) is 11.9. The number of benzene rings is 2. The number of carbonyl (C=O) groups is 3. The smallest absolute Gasteiger partial charge is 0.409 e. The van der Waals surface area contributed by atoms with Crippen molar-refractivity contribution in [1.82, 2.24) is 10.2 Å². The largest absolute Gasteiger partial charge is 0.480 e. The fourth-order valence-corrected chi connectivity index (χ4v) is 4.07. The minimum atomic E-state index is -1.13. The molecule has 0 radical (unpaired) electrons. The molecular formula is C26H30N2O6. The van der Waals surface area contributed by atoms with Crippen LogP contribution >= 0.6 is 0 Å². The fourth-order valence-electron chi connectivity index (χ4n) is 4.07. The van der Waals surface area contributed by atoms with Gasteiger partial charge in [0.25, 0.3) is 0 Å². The van der Waals surface area contributed by atoms with Crippen LogP contribution in [0.1, 0.15) is 36.3 Å². The van der Waals surface area contributed by atoms with Crippen LogP contribution in [-0.4, -0.2) is 61.0 Å². The molecule has 0 saturated carbocycles. The minimum Gasteiger partial charge on any atom is -0.480 e. The van der Waals surface area contributed by atoms with Crippen LogP contribution in [0.4, 0.5) is 9.59 Å². The molecule has 1 aliphatic carbocycles. The molecule has 0 unspecified atom stereocenters. The van der Waals surface area contributed by atoms with Gasteiger partial charge >= 0.3 is 18.2 Å². The summed E-state index contributed by atoms with van der Waals surface area (Å²) < 4.78 is 10.4. The van der Waals surface area contributed by atoms with Gasteiger partial charge in [-0.2, -0.15) is 0 Å². The van der Waals surface area contributed by atoms with Gasteiger partial charge in [-0.3, -0.25) is 0 Å². The Morgan fingerprint density at radius 1 is 1.06 bits per heavy atom. The Balaban J connectivity index is 1.48. The number of rotatable bonds is 11. The van der Waals surface area contributed by atoms with Crippen molar-refractivity contribution in [2.45, 2.75) is 31.2 Å². The maximum absolute atomic E-state index is 12.4. The summed E-state index contributed by atoms with van der Waals surface area (Å²) in [6, 6.07) is 14.9. The van der Waals surface area contributed by atoms with E-state index in [4.69, 9.17) is 9.47 Å². The first-order chi connectivity index (χ1) is 16.4. The van der Waals surface area contributed by atoms with E-state index in [-0.39, 0.29) is 25.6 Å². The third-order valence-electron chi connectivity index (χ3n) is 5.81. The van der Waals surface area contributed by atoms with Crippen molar-refractivity contribution in [2.75, 3.05) is 26.8 Å². The van der Waals surface area contributed by atoms with Crippen LogP contribution in [0.15, 0.2) is 61.2 Å². The molecule has 8 nitrogen and oxygen atoms in total. The second-order valence-corrected chi connectivity index (χ2v) is 8.14. The van der Waals surface area contributed by atoms with E-state index < -0.39 is 24.2 Å². The molecular weight excluding hydrogens is 436 g/mol. The van der Waals surface area contributed by atoms with E-state index in [1.54, 1.807) is 7.05 Å². The van der Waals surface area contributed by atoms with E-state index in [0.29, 0.717) is 19.4 Å². The molecule has 2 amide bonds. The van der Waals surface area contributed by atoms with E-state index in [0.717, 1.165) is 22.3 Å². The minimum absolute atomic E-state index is 0.0992. The molecule has 2 aromatic carbocycles. The highest BCUT2D eigenvalue weighted by Crippen LogP contribution is 2.44. The van der Waals surface area contributed by atoms with E-state index in [9.17, 15) is 19.5 Å². The first kappa shape index (κ1) is 24.8. The predicted octanol–water partition coefficient (Wildman–Crippen LogP) is 4.40. The second-order valence-electron chi connectivity index (χ2n) is 8.14. The number of ether oxygens (including phenoxy) is 2. The van der Waals surface area contributed by atoms with Crippen molar-refractivity contribution in [3.8, 4) is 11.1 Å². The number of unbranched alkanes of at least 4 members (excludes halogenated alkanes) is 1. The molecule has 0 aromatic heterocycles. The number of nitrogens with zero attached hydrogens (tertiary/aromatic N) is 1. The molecule has 0 bridgehead atoms. The molecule has 1 atom stereocenters. The molecule has 0 fully saturated rings. The average Bonchev–Trinajstić information content (AvgIpc) is 3.16. The highest BCUT2D eigenvalue weighted by Gasteiger charge is 2.29. The topological polar surface area (TPSA) is 105 Å². The highest BCUT2D eigenvalue weighted by molar-refractivity contribution is 5.81. The molecule has 1 aliphatic rings. The van der Waals surface area contributed by atoms with Crippen molar-refractivity contribution in [3.63, 3.8) is 0 Å². The Hall–Kier alpha value is -3.81. The zero-order valence-electron chi connectivity index (χ0n) is 19.2. The fraction of sp³-hybridized carbons (Fsp3) is 0.346. The average molecular weight is 467 g/mol. The molecule has 0 aliphatic heterocycles. The summed E-state index contributed by atoms with van der Waals surface area (Å²) in [4.78, 5) is 37.1. The van der Waals surface area contributed by atoms with Gasteiger partial charge in [0, 0.05) is 19.5 Å². The summed E-state index contributed by atoms with van der Waals surface area (Å²) in [7, 11) is 1.61. The summed E-state index contributed by atoms with van der Waals surface area (Å²) in [6.45, 7) is 4.14. The number of amides is 2. The Bertz CT molecular complexity index is 992. The molecule has 0 spiro atoms. The Morgan fingerprint density at radius 2 is 1.68 bits per heavy atom. The van der Waals surface area contributed by atoms with Gasteiger partial charge in [0.2, 0.25) is 0 Å². The Kier molecular flexibility index (Phi) is 8.67. The van der Waals surface area contributed by atoms with E-state index in [1.165, 1.54) is 11.0 Å². The Labute approximate surface area is 199 Å². The molecule has 180 valence electrons. The number of hydrogen-bond donors (Lipinski definition) is 2. The van der Waals surface area contributed by atoms with E-state index in [1.807, 2.05) is 48.5 Å². The van der Waals surface area contributed by atoms with Gasteiger partial charge in [-0.05, 0) is 41.5 Å². The van der Waals surface area contributed by atoms with Gasteiger partial charge in [0.15, 0.2) is 0 Å². The number of fused-ring (bicyclic) bond motifs is 3. The second kappa shape index (κ2) is 11.9. The molecule has 0 heterocycles. The van der Waals surface area contributed by atoms with Crippen LogP contribution in [0, 0.1) is 0 Å². The number of hydrogen-bond acceptors (Lipinski definition) is 5. The van der Waals surface area contributed by atoms with Gasteiger partial charge in [-0.25, -0.2) is 14.4 Å². The number of carboxylic acid groups (broad SMARTS) is 1. The lowest BCUT2D eigenvalue weighted by molar-refractivity contribution is -0.139. The van der Waals surface area contributed by atoms with Crippen molar-refractivity contribution >= 4 is 18.2 Å². The van der Waals surface area contributed by atoms with Crippen molar-refractivity contribution in [2.24, 2.45) is 0 Å². The van der Waals surface area contributed by atoms with Crippen LogP contribution in [0.3, 0.4) is 0 Å². The summed E-state index contributed by atoms with van der Waals surface area (Å²) in [5.74, 6) is -1.23. The van der Waals surface area contributed by atoms with Crippen LogP contribution < -0.4 is 5.32 Å². The van der Waals surface area contributed by atoms with Crippen LogP contribution in [0.5, 0.6) is 0 Å². The van der Waals surface area contributed by atoms with Gasteiger partial charge in [0.1, 0.15) is 19.3 Å². The zero-order valence-corrected chi connectivity index (χ0v) is 19.2. The maximum atomic E-state index is 12.4. The summed E-state index contributed by atoms with van der Waals surface area (Å²) in [5.41, 5.74) is 4.41. The molecule has 0 saturated heterocycles. The lowest BCUT2D eigenvalue weighted by Gasteiger charge is -2.18. The van der Waals surface area contributed by atoms with Crippen LogP contribution in [0.2, 0.25) is 0 Å². The monoisotopic (exact) mass is 466 g/mol. The standard InChI is InChI=1S/C26H30N2O6/c1-3-16-33-26(32)28(2)15-9-8-14-23(24(29)30)27-25(31)34-17-22-20-12-6-4-10-18(20)19-11-5-7-13-21(19)22/h3-7,10-13,22-23H,1,8-9,14-17H2,2H3,(H,27,31)(H,29,30)/t23-/m0/s1. The lowest BCUT2D eigenvalue weighted by atomic mass is 9.98.